The molecule has 3 nitrogen and oxygen atoms in total. The van der Waals surface area contributed by atoms with Crippen molar-refractivity contribution in [3.8, 4) is 0 Å². The number of nitrogens with zero attached hydrogens (tertiary/aromatic N) is 2. The minimum Gasteiger partial charge on any atom is -0.396 e. The van der Waals surface area contributed by atoms with Crippen LogP contribution in [0.15, 0.2) is 24.3 Å². The van der Waals surface area contributed by atoms with Crippen LogP contribution in [0, 0.1) is 0 Å². The summed E-state index contributed by atoms with van der Waals surface area (Å²) in [5, 5.41) is 8.71. The van der Waals surface area contributed by atoms with Crippen LogP contribution in [0.4, 0.5) is 0 Å². The fourth-order valence-electron chi connectivity index (χ4n) is 1.99. The van der Waals surface area contributed by atoms with E-state index < -0.39 is 0 Å². The molecule has 3 heteroatoms. The first kappa shape index (κ1) is 11.1. The van der Waals surface area contributed by atoms with Gasteiger partial charge in [0.1, 0.15) is 5.82 Å². The molecule has 0 aliphatic heterocycles. The van der Waals surface area contributed by atoms with Gasteiger partial charge in [0.25, 0.3) is 0 Å². The van der Waals surface area contributed by atoms with Crippen molar-refractivity contribution in [2.24, 2.45) is 7.05 Å². The van der Waals surface area contributed by atoms with Gasteiger partial charge in [0.2, 0.25) is 0 Å². The van der Waals surface area contributed by atoms with Gasteiger partial charge < -0.3 is 9.67 Å². The zero-order valence-corrected chi connectivity index (χ0v) is 9.69. The van der Waals surface area contributed by atoms with Crippen LogP contribution in [-0.2, 0) is 13.5 Å². The van der Waals surface area contributed by atoms with Crippen molar-refractivity contribution in [3.05, 3.63) is 30.1 Å². The fourth-order valence-corrected chi connectivity index (χ4v) is 1.99. The molecular formula is C13H18N2O. The van der Waals surface area contributed by atoms with E-state index in [1.54, 1.807) is 0 Å². The highest BCUT2D eigenvalue weighted by Crippen LogP contribution is 2.15. The predicted octanol–water partition coefficient (Wildman–Crippen LogP) is 2.28. The van der Waals surface area contributed by atoms with Gasteiger partial charge in [-0.2, -0.15) is 0 Å². The second kappa shape index (κ2) is 5.12. The number of hydrogen-bond acceptors (Lipinski definition) is 2. The Morgan fingerprint density at radius 3 is 2.75 bits per heavy atom. The monoisotopic (exact) mass is 218 g/mol. The third-order valence-electron chi connectivity index (χ3n) is 2.94. The Morgan fingerprint density at radius 1 is 1.19 bits per heavy atom. The Hall–Kier alpha value is -1.35. The van der Waals surface area contributed by atoms with Gasteiger partial charge in [0.15, 0.2) is 0 Å². The maximum atomic E-state index is 8.71. The Labute approximate surface area is 95.7 Å². The van der Waals surface area contributed by atoms with Gasteiger partial charge in [-0.25, -0.2) is 4.98 Å². The number of hydrogen-bond donors (Lipinski definition) is 1. The molecule has 0 spiro atoms. The zero-order valence-electron chi connectivity index (χ0n) is 9.69. The number of para-hydroxylation sites is 2. The molecule has 1 N–H and O–H groups in total. The number of benzene rings is 1. The average Bonchev–Trinajstić information content (AvgIpc) is 2.63. The van der Waals surface area contributed by atoms with Crippen molar-refractivity contribution >= 4 is 11.0 Å². The van der Waals surface area contributed by atoms with E-state index in [-0.39, 0.29) is 0 Å². The third kappa shape index (κ3) is 2.25. The molecule has 16 heavy (non-hydrogen) atoms. The summed E-state index contributed by atoms with van der Waals surface area (Å²) in [6, 6.07) is 8.20. The second-order valence-corrected chi connectivity index (χ2v) is 4.11. The van der Waals surface area contributed by atoms with Gasteiger partial charge in [-0.1, -0.05) is 18.6 Å². The SMILES string of the molecule is Cn1c(CCCCCO)nc2ccccc21. The number of aliphatic hydroxyl groups excluding tert-OH is 1. The highest BCUT2D eigenvalue weighted by molar-refractivity contribution is 5.75. The lowest BCUT2D eigenvalue weighted by molar-refractivity contribution is 0.283. The lowest BCUT2D eigenvalue weighted by Crippen LogP contribution is -1.98. The van der Waals surface area contributed by atoms with Crippen molar-refractivity contribution < 1.29 is 5.11 Å². The highest BCUT2D eigenvalue weighted by atomic mass is 16.2. The Morgan fingerprint density at radius 2 is 2.00 bits per heavy atom. The van der Waals surface area contributed by atoms with E-state index >= 15 is 0 Å². The van der Waals surface area contributed by atoms with Crippen LogP contribution in [0.2, 0.25) is 0 Å². The molecule has 1 heterocycles. The molecular weight excluding hydrogens is 200 g/mol. The lowest BCUT2D eigenvalue weighted by Gasteiger charge is -2.01. The molecule has 1 aromatic heterocycles. The van der Waals surface area contributed by atoms with Crippen LogP contribution in [0.5, 0.6) is 0 Å². The van der Waals surface area contributed by atoms with Gasteiger partial charge in [-0.3, -0.25) is 0 Å². The summed E-state index contributed by atoms with van der Waals surface area (Å²) in [6.07, 6.45) is 4.05. The normalized spacial score (nSPS) is 11.1. The largest absolute Gasteiger partial charge is 0.396 e. The molecule has 0 amide bonds. The summed E-state index contributed by atoms with van der Waals surface area (Å²) in [7, 11) is 2.07. The molecule has 0 fully saturated rings. The standard InChI is InChI=1S/C13H18N2O/c1-15-12-8-5-4-7-11(12)14-13(15)9-3-2-6-10-16/h4-5,7-8,16H,2-3,6,9-10H2,1H3. The molecule has 0 unspecified atom stereocenters. The van der Waals surface area contributed by atoms with Crippen LogP contribution in [0.25, 0.3) is 11.0 Å². The Balaban J connectivity index is 2.09. The summed E-state index contributed by atoms with van der Waals surface area (Å²) < 4.78 is 2.16. The Bertz CT molecular complexity index is 462. The number of fused-ring (bicyclic) bond motifs is 1. The first-order valence-electron chi connectivity index (χ1n) is 5.84. The molecule has 0 saturated heterocycles. The summed E-state index contributed by atoms with van der Waals surface area (Å²) in [6.45, 7) is 0.294. The molecule has 1 aromatic carbocycles. The maximum absolute atomic E-state index is 8.71. The third-order valence-corrected chi connectivity index (χ3v) is 2.94. The van der Waals surface area contributed by atoms with Gasteiger partial charge >= 0.3 is 0 Å². The first-order valence-corrected chi connectivity index (χ1v) is 5.84. The van der Waals surface area contributed by atoms with Crippen molar-refractivity contribution in [2.75, 3.05) is 6.61 Å². The molecule has 0 aliphatic rings. The van der Waals surface area contributed by atoms with Crippen LogP contribution in [-0.4, -0.2) is 21.3 Å². The number of aryl methyl sites for hydroxylation is 2. The lowest BCUT2D eigenvalue weighted by atomic mass is 10.2. The smallest absolute Gasteiger partial charge is 0.109 e. The van der Waals surface area contributed by atoms with Crippen molar-refractivity contribution in [2.45, 2.75) is 25.7 Å². The van der Waals surface area contributed by atoms with Crippen LogP contribution in [0.3, 0.4) is 0 Å². The molecule has 0 radical (unpaired) electrons. The number of aromatic nitrogens is 2. The first-order chi connectivity index (χ1) is 7.83. The fraction of sp³-hybridized carbons (Fsp3) is 0.462. The van der Waals surface area contributed by atoms with Gasteiger partial charge in [0, 0.05) is 20.1 Å². The molecule has 0 saturated carbocycles. The Kier molecular flexibility index (Phi) is 3.57. The maximum Gasteiger partial charge on any atom is 0.109 e. The van der Waals surface area contributed by atoms with E-state index in [1.165, 1.54) is 5.52 Å². The summed E-state index contributed by atoms with van der Waals surface area (Å²) in [5.41, 5.74) is 2.27. The van der Waals surface area contributed by atoms with E-state index in [2.05, 4.69) is 22.7 Å². The average molecular weight is 218 g/mol. The summed E-state index contributed by atoms with van der Waals surface area (Å²) in [4.78, 5) is 4.61. The summed E-state index contributed by atoms with van der Waals surface area (Å²) >= 11 is 0. The molecule has 2 aromatic rings. The van der Waals surface area contributed by atoms with E-state index in [0.717, 1.165) is 37.0 Å². The minimum atomic E-state index is 0.294. The van der Waals surface area contributed by atoms with Gasteiger partial charge in [-0.15, -0.1) is 0 Å². The predicted molar refractivity (Wildman–Crippen MR) is 65.4 cm³/mol. The number of rotatable bonds is 5. The molecule has 86 valence electrons. The van der Waals surface area contributed by atoms with Gasteiger partial charge in [-0.05, 0) is 25.0 Å². The number of aliphatic hydroxyl groups is 1. The zero-order chi connectivity index (χ0) is 11.4. The highest BCUT2D eigenvalue weighted by Gasteiger charge is 2.05. The van der Waals surface area contributed by atoms with E-state index in [9.17, 15) is 0 Å². The molecule has 2 rings (SSSR count). The van der Waals surface area contributed by atoms with Crippen LogP contribution in [0.1, 0.15) is 25.1 Å². The second-order valence-electron chi connectivity index (χ2n) is 4.11. The van der Waals surface area contributed by atoms with E-state index in [0.29, 0.717) is 6.61 Å². The summed E-state index contributed by atoms with van der Waals surface area (Å²) in [5.74, 6) is 1.14. The molecule has 0 bridgehead atoms. The van der Waals surface area contributed by atoms with E-state index in [4.69, 9.17) is 5.11 Å². The van der Waals surface area contributed by atoms with Crippen molar-refractivity contribution in [1.82, 2.24) is 9.55 Å². The van der Waals surface area contributed by atoms with E-state index in [1.807, 2.05) is 18.2 Å². The number of imidazole rings is 1. The number of unbranched alkanes of at least 4 members (excludes halogenated alkanes) is 2. The quantitative estimate of drug-likeness (QED) is 0.782. The van der Waals surface area contributed by atoms with Crippen LogP contribution >= 0.6 is 0 Å². The topological polar surface area (TPSA) is 38.0 Å². The van der Waals surface area contributed by atoms with Gasteiger partial charge in [0.05, 0.1) is 11.0 Å². The van der Waals surface area contributed by atoms with Crippen LogP contribution < -0.4 is 0 Å². The van der Waals surface area contributed by atoms with Crippen molar-refractivity contribution in [1.29, 1.82) is 0 Å². The molecule has 0 atom stereocenters. The van der Waals surface area contributed by atoms with Crippen molar-refractivity contribution in [3.63, 3.8) is 0 Å². The molecule has 0 aliphatic carbocycles. The minimum absolute atomic E-state index is 0.294.